The van der Waals surface area contributed by atoms with E-state index in [1.165, 1.54) is 17.4 Å². The summed E-state index contributed by atoms with van der Waals surface area (Å²) in [7, 11) is 0. The van der Waals surface area contributed by atoms with Crippen LogP contribution in [0.15, 0.2) is 53.9 Å². The number of rotatable bonds is 4. The van der Waals surface area contributed by atoms with Gasteiger partial charge in [0.15, 0.2) is 6.61 Å². The minimum Gasteiger partial charge on any atom is -0.506 e. The van der Waals surface area contributed by atoms with Crippen molar-refractivity contribution in [1.82, 2.24) is 0 Å². The topological polar surface area (TPSA) is 63.6 Å². The summed E-state index contributed by atoms with van der Waals surface area (Å²) in [6.07, 6.45) is 0. The number of carbonyl (C=O) groups excluding carboxylic acids is 2. The van der Waals surface area contributed by atoms with Crippen molar-refractivity contribution in [3.05, 3.63) is 64.4 Å². The van der Waals surface area contributed by atoms with Crippen LogP contribution in [0.5, 0.6) is 5.75 Å². The summed E-state index contributed by atoms with van der Waals surface area (Å²) in [4.78, 5) is 24.4. The number of ketones is 1. The van der Waals surface area contributed by atoms with Crippen LogP contribution in [0, 0.1) is 0 Å². The Morgan fingerprint density at radius 3 is 2.64 bits per heavy atom. The van der Waals surface area contributed by atoms with Crippen molar-refractivity contribution >= 4 is 33.9 Å². The molecule has 0 spiro atoms. The molecular formula is C17H12O4S. The lowest BCUT2D eigenvalue weighted by atomic mass is 10.1. The lowest BCUT2D eigenvalue weighted by Crippen LogP contribution is -2.13. The fourth-order valence-corrected chi connectivity index (χ4v) is 2.79. The maximum Gasteiger partial charge on any atom is 0.342 e. The summed E-state index contributed by atoms with van der Waals surface area (Å²) in [5.74, 6) is -1.11. The monoisotopic (exact) mass is 312 g/mol. The van der Waals surface area contributed by atoms with E-state index in [0.29, 0.717) is 10.3 Å². The van der Waals surface area contributed by atoms with Crippen molar-refractivity contribution in [1.29, 1.82) is 0 Å². The Balaban J connectivity index is 1.78. The molecule has 22 heavy (non-hydrogen) atoms. The van der Waals surface area contributed by atoms with E-state index < -0.39 is 5.97 Å². The highest BCUT2D eigenvalue weighted by atomic mass is 32.1. The minimum atomic E-state index is -0.715. The minimum absolute atomic E-state index is 0.0534. The van der Waals surface area contributed by atoms with Gasteiger partial charge in [-0.15, -0.1) is 11.3 Å². The Bertz CT molecular complexity index is 837. The van der Waals surface area contributed by atoms with Crippen LogP contribution in [0.1, 0.15) is 20.0 Å². The Labute approximate surface area is 130 Å². The van der Waals surface area contributed by atoms with Gasteiger partial charge >= 0.3 is 5.97 Å². The first-order valence-corrected chi connectivity index (χ1v) is 7.49. The molecule has 110 valence electrons. The summed E-state index contributed by atoms with van der Waals surface area (Å²) in [6, 6.07) is 13.8. The number of ether oxygens (including phenoxy) is 1. The van der Waals surface area contributed by atoms with Crippen LogP contribution in [0.4, 0.5) is 0 Å². The summed E-state index contributed by atoms with van der Waals surface area (Å²) in [6.45, 7) is -0.342. The first-order valence-electron chi connectivity index (χ1n) is 6.61. The molecule has 0 fully saturated rings. The lowest BCUT2D eigenvalue weighted by molar-refractivity contribution is 0.0473. The molecule has 0 saturated heterocycles. The predicted molar refractivity (Wildman–Crippen MR) is 84.5 cm³/mol. The number of phenolic OH excluding ortho intramolecular Hbond substituents is 1. The highest BCUT2D eigenvalue weighted by molar-refractivity contribution is 7.12. The van der Waals surface area contributed by atoms with Crippen LogP contribution in [-0.2, 0) is 4.74 Å². The zero-order chi connectivity index (χ0) is 15.5. The number of hydrogen-bond donors (Lipinski definition) is 1. The molecule has 0 saturated carbocycles. The predicted octanol–water partition coefficient (Wildman–Crippen LogP) is 3.65. The molecule has 0 aliphatic rings. The molecule has 1 N–H and O–H groups in total. The smallest absolute Gasteiger partial charge is 0.342 e. The second kappa shape index (κ2) is 5.99. The van der Waals surface area contributed by atoms with Gasteiger partial charge in [0.25, 0.3) is 0 Å². The summed E-state index contributed by atoms with van der Waals surface area (Å²) in [5, 5.41) is 13.4. The summed E-state index contributed by atoms with van der Waals surface area (Å²) < 4.78 is 5.00. The van der Waals surface area contributed by atoms with Gasteiger partial charge in [0, 0.05) is 5.39 Å². The fraction of sp³-hybridized carbons (Fsp3) is 0.0588. The standard InChI is InChI=1S/C17H12O4S/c18-14(15-6-3-9-22-15)10-21-17(20)13-8-7-11-4-1-2-5-12(11)16(13)19/h1-9,19H,10H2. The van der Waals surface area contributed by atoms with Crippen LogP contribution in [0.3, 0.4) is 0 Å². The zero-order valence-corrected chi connectivity index (χ0v) is 12.3. The highest BCUT2D eigenvalue weighted by Crippen LogP contribution is 2.29. The number of aromatic hydroxyl groups is 1. The first kappa shape index (κ1) is 14.3. The van der Waals surface area contributed by atoms with E-state index in [1.54, 1.807) is 35.7 Å². The van der Waals surface area contributed by atoms with Crippen LogP contribution < -0.4 is 0 Å². The number of benzene rings is 2. The largest absolute Gasteiger partial charge is 0.506 e. The Kier molecular flexibility index (Phi) is 3.89. The fourth-order valence-electron chi connectivity index (χ4n) is 2.14. The lowest BCUT2D eigenvalue weighted by Gasteiger charge is -2.07. The molecule has 1 aromatic heterocycles. The Morgan fingerprint density at radius 2 is 1.86 bits per heavy atom. The average Bonchev–Trinajstić information content (AvgIpc) is 3.07. The van der Waals surface area contributed by atoms with Crippen molar-refractivity contribution in [2.24, 2.45) is 0 Å². The third kappa shape index (κ3) is 2.71. The summed E-state index contributed by atoms with van der Waals surface area (Å²) >= 11 is 1.29. The van der Waals surface area contributed by atoms with Gasteiger partial charge in [-0.2, -0.15) is 0 Å². The van der Waals surface area contributed by atoms with Gasteiger partial charge in [0.2, 0.25) is 5.78 Å². The molecule has 4 nitrogen and oxygen atoms in total. The number of carbonyl (C=O) groups is 2. The molecule has 0 atom stereocenters. The van der Waals surface area contributed by atoms with Gasteiger partial charge in [-0.25, -0.2) is 4.79 Å². The quantitative estimate of drug-likeness (QED) is 0.590. The van der Waals surface area contributed by atoms with E-state index in [1.807, 2.05) is 12.1 Å². The number of thiophene rings is 1. The molecule has 0 amide bonds. The molecule has 3 rings (SSSR count). The van der Waals surface area contributed by atoms with Gasteiger partial charge < -0.3 is 9.84 Å². The second-order valence-electron chi connectivity index (χ2n) is 4.66. The van der Waals surface area contributed by atoms with E-state index in [9.17, 15) is 14.7 Å². The van der Waals surface area contributed by atoms with Gasteiger partial charge in [-0.05, 0) is 22.9 Å². The molecule has 0 unspecified atom stereocenters. The zero-order valence-electron chi connectivity index (χ0n) is 11.5. The van der Waals surface area contributed by atoms with Crippen molar-refractivity contribution in [2.75, 3.05) is 6.61 Å². The number of phenols is 1. The third-order valence-corrected chi connectivity index (χ3v) is 4.16. The molecule has 5 heteroatoms. The van der Waals surface area contributed by atoms with Crippen LogP contribution in [0.25, 0.3) is 10.8 Å². The molecular weight excluding hydrogens is 300 g/mol. The van der Waals surface area contributed by atoms with E-state index in [4.69, 9.17) is 4.74 Å². The Hall–Kier alpha value is -2.66. The van der Waals surface area contributed by atoms with Crippen LogP contribution in [0.2, 0.25) is 0 Å². The van der Waals surface area contributed by atoms with Gasteiger partial charge in [-0.1, -0.05) is 36.4 Å². The SMILES string of the molecule is O=C(COC(=O)c1ccc2ccccc2c1O)c1cccs1. The number of Topliss-reactive ketones (excluding diaryl/α,β-unsaturated/α-hetero) is 1. The molecule has 0 bridgehead atoms. The van der Waals surface area contributed by atoms with Crippen molar-refractivity contribution in [2.45, 2.75) is 0 Å². The molecule has 1 heterocycles. The Morgan fingerprint density at radius 1 is 1.05 bits per heavy atom. The van der Waals surface area contributed by atoms with E-state index >= 15 is 0 Å². The van der Waals surface area contributed by atoms with E-state index in [2.05, 4.69) is 0 Å². The third-order valence-electron chi connectivity index (χ3n) is 3.25. The highest BCUT2D eigenvalue weighted by Gasteiger charge is 2.17. The first-order chi connectivity index (χ1) is 10.7. The number of esters is 1. The molecule has 0 radical (unpaired) electrons. The van der Waals surface area contributed by atoms with Crippen molar-refractivity contribution in [3.63, 3.8) is 0 Å². The summed E-state index contributed by atoms with van der Waals surface area (Å²) in [5.41, 5.74) is 0.0534. The van der Waals surface area contributed by atoms with Gasteiger partial charge in [-0.3, -0.25) is 4.79 Å². The average molecular weight is 312 g/mol. The number of hydrogen-bond acceptors (Lipinski definition) is 5. The molecule has 0 aliphatic carbocycles. The molecule has 3 aromatic rings. The van der Waals surface area contributed by atoms with Crippen molar-refractivity contribution in [3.8, 4) is 5.75 Å². The van der Waals surface area contributed by atoms with Crippen LogP contribution in [-0.4, -0.2) is 23.5 Å². The molecule has 0 aliphatic heterocycles. The second-order valence-corrected chi connectivity index (χ2v) is 5.61. The van der Waals surface area contributed by atoms with Crippen LogP contribution >= 0.6 is 11.3 Å². The van der Waals surface area contributed by atoms with Gasteiger partial charge in [0.1, 0.15) is 11.3 Å². The number of fused-ring (bicyclic) bond motifs is 1. The maximum atomic E-state index is 12.1. The molecule has 2 aromatic carbocycles. The van der Waals surface area contributed by atoms with E-state index in [0.717, 1.165) is 5.39 Å². The van der Waals surface area contributed by atoms with Crippen molar-refractivity contribution < 1.29 is 19.4 Å². The van der Waals surface area contributed by atoms with E-state index in [-0.39, 0.29) is 23.7 Å². The normalized spacial score (nSPS) is 10.5. The van der Waals surface area contributed by atoms with Gasteiger partial charge in [0.05, 0.1) is 4.88 Å². The maximum absolute atomic E-state index is 12.1.